The Bertz CT molecular complexity index is 955. The summed E-state index contributed by atoms with van der Waals surface area (Å²) < 4.78 is 30.9. The molecule has 0 spiro atoms. The molecule has 2 aliphatic rings. The first-order chi connectivity index (χ1) is 18.6. The Hall–Kier alpha value is -2.52. The lowest BCUT2D eigenvalue weighted by Crippen LogP contribution is -2.46. The normalized spacial score (nSPS) is 20.2. The first kappa shape index (κ1) is 28.5. The van der Waals surface area contributed by atoms with E-state index in [1.807, 2.05) is 59.5 Å². The van der Waals surface area contributed by atoms with Crippen molar-refractivity contribution in [2.24, 2.45) is 0 Å². The van der Waals surface area contributed by atoms with Crippen LogP contribution in [0.2, 0.25) is 0 Å². The molecule has 2 saturated heterocycles. The number of unbranched alkanes of at least 4 members (excludes halogenated alkanes) is 1. The minimum atomic E-state index is -0.919. The van der Waals surface area contributed by atoms with Crippen LogP contribution in [0.15, 0.2) is 54.6 Å². The first-order valence-corrected chi connectivity index (χ1v) is 13.9. The van der Waals surface area contributed by atoms with Crippen LogP contribution >= 0.6 is 0 Å². The number of rotatable bonds is 14. The monoisotopic (exact) mass is 528 g/mol. The molecule has 0 radical (unpaired) electrons. The lowest BCUT2D eigenvalue weighted by Gasteiger charge is -2.29. The Balaban J connectivity index is 1.27. The molecule has 4 rings (SSSR count). The van der Waals surface area contributed by atoms with Gasteiger partial charge >= 0.3 is 0 Å². The van der Waals surface area contributed by atoms with E-state index >= 15 is 0 Å². The number of alkyl halides is 1. The fraction of sp³-hybridized carbons (Fsp3) is 0.567. The van der Waals surface area contributed by atoms with Crippen molar-refractivity contribution in [3.63, 3.8) is 0 Å². The predicted molar refractivity (Wildman–Crippen MR) is 144 cm³/mol. The highest BCUT2D eigenvalue weighted by atomic mass is 19.1. The summed E-state index contributed by atoms with van der Waals surface area (Å²) in [6.45, 7) is 3.94. The Morgan fingerprint density at radius 2 is 1.84 bits per heavy atom. The molecule has 2 fully saturated rings. The van der Waals surface area contributed by atoms with Crippen LogP contribution in [0.3, 0.4) is 0 Å². The van der Waals surface area contributed by atoms with Gasteiger partial charge in [0.2, 0.25) is 5.91 Å². The van der Waals surface area contributed by atoms with Crippen molar-refractivity contribution in [1.82, 2.24) is 10.2 Å². The van der Waals surface area contributed by atoms with Crippen LogP contribution in [0.4, 0.5) is 4.39 Å². The zero-order chi connectivity index (χ0) is 26.6. The van der Waals surface area contributed by atoms with E-state index in [0.29, 0.717) is 63.4 Å². The van der Waals surface area contributed by atoms with Gasteiger partial charge in [0.15, 0.2) is 0 Å². The number of amides is 1. The molecule has 0 saturated carbocycles. The van der Waals surface area contributed by atoms with Gasteiger partial charge < -0.3 is 24.6 Å². The largest absolute Gasteiger partial charge is 0.489 e. The quantitative estimate of drug-likeness (QED) is 0.358. The fourth-order valence-corrected chi connectivity index (χ4v) is 4.95. The van der Waals surface area contributed by atoms with E-state index < -0.39 is 18.3 Å². The molecule has 2 N–H and O–H groups in total. The molecule has 8 heteroatoms. The van der Waals surface area contributed by atoms with E-state index in [-0.39, 0.29) is 12.0 Å². The van der Waals surface area contributed by atoms with E-state index in [0.717, 1.165) is 38.0 Å². The van der Waals surface area contributed by atoms with Gasteiger partial charge in [0.05, 0.1) is 12.1 Å². The van der Waals surface area contributed by atoms with Gasteiger partial charge in [-0.15, -0.1) is 0 Å². The maximum atomic E-state index is 13.8. The maximum absolute atomic E-state index is 13.8. The summed E-state index contributed by atoms with van der Waals surface area (Å²) >= 11 is 0. The lowest BCUT2D eigenvalue weighted by molar-refractivity contribution is -0.123. The van der Waals surface area contributed by atoms with Crippen molar-refractivity contribution in [1.29, 1.82) is 0 Å². The summed E-state index contributed by atoms with van der Waals surface area (Å²) in [4.78, 5) is 14.7. The van der Waals surface area contributed by atoms with Gasteiger partial charge in [0, 0.05) is 45.9 Å². The number of nitrogens with zero attached hydrogens (tertiary/aromatic N) is 1. The van der Waals surface area contributed by atoms with E-state index in [4.69, 9.17) is 14.2 Å². The average Bonchev–Trinajstić information content (AvgIpc) is 3.36. The molecular formula is C30H41FN2O5. The zero-order valence-electron chi connectivity index (χ0n) is 22.1. The van der Waals surface area contributed by atoms with Crippen molar-refractivity contribution in [2.75, 3.05) is 39.5 Å². The van der Waals surface area contributed by atoms with E-state index in [1.54, 1.807) is 0 Å². The second kappa shape index (κ2) is 15.2. The smallest absolute Gasteiger partial charge is 0.220 e. The number of carbonyl (C=O) groups is 1. The number of aliphatic hydroxyl groups is 1. The highest BCUT2D eigenvalue weighted by Crippen LogP contribution is 2.23. The van der Waals surface area contributed by atoms with Crippen molar-refractivity contribution in [3.05, 3.63) is 65.7 Å². The van der Waals surface area contributed by atoms with Crippen molar-refractivity contribution < 1.29 is 28.5 Å². The molecule has 2 aromatic carbocycles. The Morgan fingerprint density at radius 1 is 1.08 bits per heavy atom. The van der Waals surface area contributed by atoms with Crippen LogP contribution in [0.25, 0.3) is 0 Å². The van der Waals surface area contributed by atoms with E-state index in [2.05, 4.69) is 5.32 Å². The summed E-state index contributed by atoms with van der Waals surface area (Å²) in [6.07, 6.45) is 2.69. The maximum Gasteiger partial charge on any atom is 0.220 e. The third-order valence-electron chi connectivity index (χ3n) is 7.19. The zero-order valence-corrected chi connectivity index (χ0v) is 22.1. The van der Waals surface area contributed by atoms with Gasteiger partial charge in [-0.3, -0.25) is 9.69 Å². The molecule has 208 valence electrons. The summed E-state index contributed by atoms with van der Waals surface area (Å²) in [6, 6.07) is 16.7. The number of ether oxygens (including phenoxy) is 3. The van der Waals surface area contributed by atoms with E-state index in [1.165, 1.54) is 0 Å². The average molecular weight is 529 g/mol. The standard InChI is InChI=1S/C30H41FN2O5/c31-25-13-16-33(20-25)21-28(32-29(34)8-4-5-17-37-27-14-18-36-19-15-27)30(35)24-9-11-26(12-10-24)38-22-23-6-2-1-3-7-23/h1-3,6-7,9-12,25,27-28,30,35H,4-5,8,13-22H2,(H,32,34)/t25-,28-,30-/m1/s1. The van der Waals surface area contributed by atoms with Gasteiger partial charge in [-0.05, 0) is 55.4 Å². The predicted octanol–water partition coefficient (Wildman–Crippen LogP) is 4.19. The molecule has 7 nitrogen and oxygen atoms in total. The van der Waals surface area contributed by atoms with Crippen LogP contribution in [0.1, 0.15) is 55.8 Å². The topological polar surface area (TPSA) is 80.3 Å². The molecule has 38 heavy (non-hydrogen) atoms. The third-order valence-corrected chi connectivity index (χ3v) is 7.19. The van der Waals surface area contributed by atoms with Crippen LogP contribution in [-0.4, -0.2) is 73.7 Å². The molecule has 0 bridgehead atoms. The highest BCUT2D eigenvalue weighted by Gasteiger charge is 2.29. The molecule has 2 aliphatic heterocycles. The fourth-order valence-electron chi connectivity index (χ4n) is 4.95. The summed E-state index contributed by atoms with van der Waals surface area (Å²) in [7, 11) is 0. The number of halogens is 1. The number of carbonyl (C=O) groups excluding carboxylic acids is 1. The molecule has 0 unspecified atom stereocenters. The number of hydrogen-bond donors (Lipinski definition) is 2. The number of nitrogens with one attached hydrogen (secondary N) is 1. The minimum absolute atomic E-state index is 0.112. The second-order valence-corrected chi connectivity index (χ2v) is 10.2. The van der Waals surface area contributed by atoms with Gasteiger partial charge in [-0.25, -0.2) is 4.39 Å². The molecule has 1 amide bonds. The summed E-state index contributed by atoms with van der Waals surface area (Å²) in [5.74, 6) is 0.590. The highest BCUT2D eigenvalue weighted by molar-refractivity contribution is 5.76. The Labute approximate surface area is 225 Å². The molecule has 0 aromatic heterocycles. The molecule has 2 aromatic rings. The number of benzene rings is 2. The van der Waals surface area contributed by atoms with Gasteiger partial charge in [0.1, 0.15) is 24.6 Å². The molecule has 3 atom stereocenters. The summed E-state index contributed by atoms with van der Waals surface area (Å²) in [5.41, 5.74) is 1.76. The Morgan fingerprint density at radius 3 is 2.55 bits per heavy atom. The molecule has 0 aliphatic carbocycles. The first-order valence-electron chi connectivity index (χ1n) is 13.9. The van der Waals surface area contributed by atoms with Gasteiger partial charge in [0.25, 0.3) is 0 Å². The van der Waals surface area contributed by atoms with Crippen molar-refractivity contribution in [3.8, 4) is 5.75 Å². The summed E-state index contributed by atoms with van der Waals surface area (Å²) in [5, 5.41) is 14.2. The molecular weight excluding hydrogens is 487 g/mol. The Kier molecular flexibility index (Phi) is 11.4. The lowest BCUT2D eigenvalue weighted by atomic mass is 10.0. The SMILES string of the molecule is O=C(CCCCOC1CCOCC1)N[C@H](CN1CC[C@@H](F)C1)[C@H](O)c1ccc(OCc2ccccc2)cc1. The van der Waals surface area contributed by atoms with Crippen LogP contribution in [0, 0.1) is 0 Å². The third kappa shape index (κ3) is 9.34. The van der Waals surface area contributed by atoms with Crippen molar-refractivity contribution >= 4 is 5.91 Å². The van der Waals surface area contributed by atoms with Gasteiger partial charge in [-0.1, -0.05) is 42.5 Å². The minimum Gasteiger partial charge on any atom is -0.489 e. The number of aliphatic hydroxyl groups excluding tert-OH is 1. The van der Waals surface area contributed by atoms with Crippen LogP contribution < -0.4 is 10.1 Å². The number of likely N-dealkylation sites (tertiary alicyclic amines) is 1. The second-order valence-electron chi connectivity index (χ2n) is 10.2. The number of hydrogen-bond acceptors (Lipinski definition) is 6. The van der Waals surface area contributed by atoms with E-state index in [9.17, 15) is 14.3 Å². The van der Waals surface area contributed by atoms with Crippen molar-refractivity contribution in [2.45, 2.75) is 69.6 Å². The van der Waals surface area contributed by atoms with Crippen LogP contribution in [0.5, 0.6) is 5.75 Å². The van der Waals surface area contributed by atoms with Crippen LogP contribution in [-0.2, 0) is 20.9 Å². The van der Waals surface area contributed by atoms with Gasteiger partial charge in [-0.2, -0.15) is 0 Å². The molecule has 2 heterocycles.